The van der Waals surface area contributed by atoms with Crippen LogP contribution in [0.4, 0.5) is 0 Å². The van der Waals surface area contributed by atoms with Crippen molar-refractivity contribution in [3.63, 3.8) is 0 Å². The quantitative estimate of drug-likeness (QED) is 0.759. The Morgan fingerprint density at radius 3 is 2.67 bits per heavy atom. The molecule has 1 aromatic carbocycles. The number of ether oxygens (including phenoxy) is 1. The number of rotatable bonds is 4. The van der Waals surface area contributed by atoms with Gasteiger partial charge in [0.05, 0.1) is 19.0 Å². The number of likely N-dealkylation sites (tertiary alicyclic amines) is 1. The van der Waals surface area contributed by atoms with Crippen LogP contribution in [0.15, 0.2) is 24.3 Å². The van der Waals surface area contributed by atoms with Gasteiger partial charge >= 0.3 is 0 Å². The predicted molar refractivity (Wildman–Crippen MR) is 67.5 cm³/mol. The minimum atomic E-state index is -0.0964. The van der Waals surface area contributed by atoms with Crippen molar-refractivity contribution in [3.8, 4) is 5.75 Å². The summed E-state index contributed by atoms with van der Waals surface area (Å²) in [6, 6.07) is 7.67. The third-order valence-electron chi connectivity index (χ3n) is 3.12. The first kappa shape index (κ1) is 12.6. The predicted octanol–water partition coefficient (Wildman–Crippen LogP) is 1.56. The van der Waals surface area contributed by atoms with Gasteiger partial charge in [-0.1, -0.05) is 18.2 Å². The number of hydrogen-bond acceptors (Lipinski definition) is 3. The molecule has 96 valence electrons. The van der Waals surface area contributed by atoms with Crippen molar-refractivity contribution in [2.45, 2.75) is 26.3 Å². The van der Waals surface area contributed by atoms with Crippen molar-refractivity contribution < 1.29 is 14.3 Å². The first-order valence-corrected chi connectivity index (χ1v) is 6.07. The third kappa shape index (κ3) is 2.70. The van der Waals surface area contributed by atoms with E-state index < -0.39 is 0 Å². The van der Waals surface area contributed by atoms with E-state index in [9.17, 15) is 9.59 Å². The summed E-state index contributed by atoms with van der Waals surface area (Å²) in [5.74, 6) is 0.714. The lowest BCUT2D eigenvalue weighted by Crippen LogP contribution is -2.38. The van der Waals surface area contributed by atoms with Crippen LogP contribution in [0.3, 0.4) is 0 Å². The van der Waals surface area contributed by atoms with Gasteiger partial charge in [-0.2, -0.15) is 0 Å². The zero-order chi connectivity index (χ0) is 13.1. The average Bonchev–Trinajstić information content (AvgIpc) is 2.67. The monoisotopic (exact) mass is 247 g/mol. The van der Waals surface area contributed by atoms with E-state index in [0.29, 0.717) is 6.61 Å². The fourth-order valence-corrected chi connectivity index (χ4v) is 2.02. The molecule has 0 spiro atoms. The van der Waals surface area contributed by atoms with Crippen LogP contribution in [0, 0.1) is 6.92 Å². The number of amides is 1. The van der Waals surface area contributed by atoms with Crippen molar-refractivity contribution >= 4 is 11.7 Å². The van der Waals surface area contributed by atoms with Crippen LogP contribution < -0.4 is 4.74 Å². The van der Waals surface area contributed by atoms with Crippen molar-refractivity contribution in [1.82, 2.24) is 4.90 Å². The second-order valence-corrected chi connectivity index (χ2v) is 4.66. The Morgan fingerprint density at radius 1 is 1.33 bits per heavy atom. The standard InChI is InChI=1S/C14H17NO3/c1-10-5-3-4-6-13(10)18-9-11(2)15-8-12(16)7-14(15)17/h3-6,11H,7-9H2,1-2H3. The fourth-order valence-electron chi connectivity index (χ4n) is 2.02. The molecule has 1 aromatic rings. The first-order valence-electron chi connectivity index (χ1n) is 6.07. The highest BCUT2D eigenvalue weighted by molar-refractivity contribution is 6.05. The fraction of sp³-hybridized carbons (Fsp3) is 0.429. The van der Waals surface area contributed by atoms with Gasteiger partial charge in [0.1, 0.15) is 12.4 Å². The van der Waals surface area contributed by atoms with Crippen LogP contribution >= 0.6 is 0 Å². The zero-order valence-electron chi connectivity index (χ0n) is 10.7. The molecule has 1 unspecified atom stereocenters. The van der Waals surface area contributed by atoms with Crippen LogP contribution in [0.5, 0.6) is 5.75 Å². The van der Waals surface area contributed by atoms with Gasteiger partial charge in [0, 0.05) is 0 Å². The molecule has 0 radical (unpaired) electrons. The SMILES string of the molecule is Cc1ccccc1OCC(C)N1CC(=O)CC1=O. The van der Waals surface area contributed by atoms with Crippen LogP contribution in [-0.4, -0.2) is 35.8 Å². The lowest BCUT2D eigenvalue weighted by Gasteiger charge is -2.23. The Kier molecular flexibility index (Phi) is 3.65. The molecule has 0 saturated carbocycles. The van der Waals surface area contributed by atoms with Gasteiger partial charge in [0.25, 0.3) is 0 Å². The molecule has 4 heteroatoms. The maximum absolute atomic E-state index is 11.6. The number of Topliss-reactive ketones (excluding diaryl/α,β-unsaturated/α-hetero) is 1. The maximum atomic E-state index is 11.6. The molecule has 0 aliphatic carbocycles. The number of para-hydroxylation sites is 1. The summed E-state index contributed by atoms with van der Waals surface area (Å²) < 4.78 is 5.69. The van der Waals surface area contributed by atoms with Gasteiger partial charge in [0.2, 0.25) is 5.91 Å². The van der Waals surface area contributed by atoms with Crippen LogP contribution in [-0.2, 0) is 9.59 Å². The number of benzene rings is 1. The molecule has 1 aliphatic rings. The molecule has 2 rings (SSSR count). The van der Waals surface area contributed by atoms with Crippen LogP contribution in [0.25, 0.3) is 0 Å². The van der Waals surface area contributed by atoms with E-state index in [2.05, 4.69) is 0 Å². The number of carbonyl (C=O) groups excluding carboxylic acids is 2. The number of hydrogen-bond donors (Lipinski definition) is 0. The van der Waals surface area contributed by atoms with Gasteiger partial charge in [-0.05, 0) is 25.5 Å². The van der Waals surface area contributed by atoms with Crippen LogP contribution in [0.2, 0.25) is 0 Å². The van der Waals surface area contributed by atoms with Crippen molar-refractivity contribution in [3.05, 3.63) is 29.8 Å². The lowest BCUT2D eigenvalue weighted by atomic mass is 10.2. The first-order chi connectivity index (χ1) is 8.58. The molecule has 1 heterocycles. The molecule has 0 N–H and O–H groups in total. The molecule has 18 heavy (non-hydrogen) atoms. The minimum Gasteiger partial charge on any atom is -0.491 e. The van der Waals surface area contributed by atoms with E-state index >= 15 is 0 Å². The maximum Gasteiger partial charge on any atom is 0.230 e. The summed E-state index contributed by atoms with van der Waals surface area (Å²) in [4.78, 5) is 24.3. The lowest BCUT2D eigenvalue weighted by molar-refractivity contribution is -0.129. The largest absolute Gasteiger partial charge is 0.491 e. The highest BCUT2D eigenvalue weighted by atomic mass is 16.5. The van der Waals surface area contributed by atoms with Gasteiger partial charge in [-0.25, -0.2) is 0 Å². The van der Waals surface area contributed by atoms with E-state index in [1.54, 1.807) is 4.90 Å². The van der Waals surface area contributed by atoms with Crippen LogP contribution in [0.1, 0.15) is 18.9 Å². The molecular weight excluding hydrogens is 230 g/mol. The van der Waals surface area contributed by atoms with Crippen molar-refractivity contribution in [2.75, 3.05) is 13.2 Å². The van der Waals surface area contributed by atoms with E-state index in [4.69, 9.17) is 4.74 Å². The Hall–Kier alpha value is -1.84. The molecule has 1 amide bonds. The highest BCUT2D eigenvalue weighted by Crippen LogP contribution is 2.18. The average molecular weight is 247 g/mol. The topological polar surface area (TPSA) is 46.6 Å². The second kappa shape index (κ2) is 5.21. The Balaban J connectivity index is 1.93. The molecule has 4 nitrogen and oxygen atoms in total. The summed E-state index contributed by atoms with van der Waals surface area (Å²) in [5, 5.41) is 0. The van der Waals surface area contributed by atoms with Crippen molar-refractivity contribution in [2.24, 2.45) is 0 Å². The van der Waals surface area contributed by atoms with Gasteiger partial charge in [0.15, 0.2) is 5.78 Å². The smallest absolute Gasteiger partial charge is 0.230 e. The molecule has 1 fully saturated rings. The molecule has 0 aromatic heterocycles. The van der Waals surface area contributed by atoms with E-state index in [0.717, 1.165) is 11.3 Å². The highest BCUT2D eigenvalue weighted by Gasteiger charge is 2.31. The van der Waals surface area contributed by atoms with E-state index in [1.165, 1.54) is 0 Å². The van der Waals surface area contributed by atoms with Gasteiger partial charge in [-0.15, -0.1) is 0 Å². The molecular formula is C14H17NO3. The second-order valence-electron chi connectivity index (χ2n) is 4.66. The molecule has 1 atom stereocenters. The van der Waals surface area contributed by atoms with E-state index in [1.807, 2.05) is 38.1 Å². The number of carbonyl (C=O) groups is 2. The van der Waals surface area contributed by atoms with Gasteiger partial charge in [-0.3, -0.25) is 9.59 Å². The minimum absolute atomic E-state index is 0.0114. The molecule has 1 saturated heterocycles. The third-order valence-corrected chi connectivity index (χ3v) is 3.12. The molecule has 1 aliphatic heterocycles. The Bertz CT molecular complexity index is 470. The Labute approximate surface area is 107 Å². The molecule has 0 bridgehead atoms. The summed E-state index contributed by atoms with van der Waals surface area (Å²) in [7, 11) is 0. The number of aryl methyl sites for hydroxylation is 1. The number of ketones is 1. The summed E-state index contributed by atoms with van der Waals surface area (Å²) in [6.45, 7) is 4.50. The summed E-state index contributed by atoms with van der Waals surface area (Å²) in [6.07, 6.45) is 0.0364. The van der Waals surface area contributed by atoms with E-state index in [-0.39, 0.29) is 30.7 Å². The normalized spacial score (nSPS) is 17.1. The summed E-state index contributed by atoms with van der Waals surface area (Å²) >= 11 is 0. The zero-order valence-corrected chi connectivity index (χ0v) is 10.7. The number of nitrogens with zero attached hydrogens (tertiary/aromatic N) is 1. The summed E-state index contributed by atoms with van der Waals surface area (Å²) in [5.41, 5.74) is 1.06. The van der Waals surface area contributed by atoms with Gasteiger partial charge < -0.3 is 9.64 Å². The van der Waals surface area contributed by atoms with Crippen molar-refractivity contribution in [1.29, 1.82) is 0 Å². The Morgan fingerprint density at radius 2 is 2.06 bits per heavy atom.